The minimum Gasteiger partial charge on any atom is -0.390 e. The van der Waals surface area contributed by atoms with Gasteiger partial charge in [-0.05, 0) is 68.9 Å². The number of alkyl halides is 1. The Morgan fingerprint density at radius 2 is 2.00 bits per heavy atom. The van der Waals surface area contributed by atoms with E-state index < -0.39 is 17.2 Å². The van der Waals surface area contributed by atoms with Gasteiger partial charge in [0.05, 0.1) is 6.10 Å². The molecule has 3 fully saturated rings. The quantitative estimate of drug-likeness (QED) is 0.774. The van der Waals surface area contributed by atoms with Gasteiger partial charge in [0.1, 0.15) is 5.78 Å². The van der Waals surface area contributed by atoms with E-state index in [0.717, 1.165) is 12.0 Å². The van der Waals surface area contributed by atoms with Crippen LogP contribution in [-0.4, -0.2) is 28.4 Å². The van der Waals surface area contributed by atoms with Crippen LogP contribution in [-0.2, 0) is 9.59 Å². The summed E-state index contributed by atoms with van der Waals surface area (Å²) in [6.45, 7) is 7.65. The number of aliphatic hydroxyl groups excluding tert-OH is 1. The van der Waals surface area contributed by atoms with Gasteiger partial charge in [-0.1, -0.05) is 25.5 Å². The van der Waals surface area contributed by atoms with Crippen LogP contribution in [0.3, 0.4) is 0 Å². The second kappa shape index (κ2) is 5.37. The predicted molar refractivity (Wildman–Crippen MR) is 97.1 cm³/mol. The normalized spacial score (nSPS) is 52.8. The molecule has 0 amide bonds. The highest BCUT2D eigenvalue weighted by molar-refractivity contribution is 6.01. The van der Waals surface area contributed by atoms with E-state index in [0.29, 0.717) is 19.3 Å². The molecule has 0 saturated heterocycles. The van der Waals surface area contributed by atoms with Crippen LogP contribution in [0, 0.1) is 34.5 Å². The van der Waals surface area contributed by atoms with Crippen LogP contribution in [0.15, 0.2) is 23.8 Å². The first kappa shape index (κ1) is 18.1. The molecule has 0 aliphatic heterocycles. The number of rotatable bonds is 1. The fourth-order valence-electron chi connectivity index (χ4n) is 7.44. The molecule has 0 heterocycles. The lowest BCUT2D eigenvalue weighted by Crippen LogP contribution is -2.66. The Morgan fingerprint density at radius 3 is 2.65 bits per heavy atom. The van der Waals surface area contributed by atoms with Crippen LogP contribution < -0.4 is 0 Å². The Labute approximate surface area is 154 Å². The maximum atomic E-state index is 16.8. The molecule has 4 rings (SSSR count). The highest BCUT2D eigenvalue weighted by atomic mass is 19.1. The molecule has 0 unspecified atom stereocenters. The Kier molecular flexibility index (Phi) is 3.74. The lowest BCUT2D eigenvalue weighted by molar-refractivity contribution is -0.195. The van der Waals surface area contributed by atoms with Crippen molar-refractivity contribution in [1.82, 2.24) is 0 Å². The van der Waals surface area contributed by atoms with Crippen LogP contribution in [0.2, 0.25) is 0 Å². The van der Waals surface area contributed by atoms with Crippen molar-refractivity contribution in [3.63, 3.8) is 0 Å². The number of fused-ring (bicyclic) bond motifs is 5. The number of carbonyl (C=O) groups is 2. The molecule has 1 N–H and O–H groups in total. The maximum Gasteiger partial charge on any atom is 0.178 e. The van der Waals surface area contributed by atoms with Gasteiger partial charge < -0.3 is 5.11 Å². The van der Waals surface area contributed by atoms with Crippen molar-refractivity contribution in [3.05, 3.63) is 23.8 Å². The molecule has 4 aliphatic rings. The van der Waals surface area contributed by atoms with Crippen molar-refractivity contribution >= 4 is 11.6 Å². The zero-order valence-corrected chi connectivity index (χ0v) is 16.1. The highest BCUT2D eigenvalue weighted by Gasteiger charge is 2.71. The van der Waals surface area contributed by atoms with E-state index in [2.05, 4.69) is 13.8 Å². The van der Waals surface area contributed by atoms with Gasteiger partial charge in [0.25, 0.3) is 0 Å². The van der Waals surface area contributed by atoms with Gasteiger partial charge in [-0.25, -0.2) is 4.39 Å². The molecule has 0 bridgehead atoms. The summed E-state index contributed by atoms with van der Waals surface area (Å²) in [4.78, 5) is 24.2. The topological polar surface area (TPSA) is 54.4 Å². The summed E-state index contributed by atoms with van der Waals surface area (Å²) in [6, 6.07) is 0. The van der Waals surface area contributed by atoms with Gasteiger partial charge >= 0.3 is 0 Å². The van der Waals surface area contributed by atoms with Crippen molar-refractivity contribution in [1.29, 1.82) is 0 Å². The van der Waals surface area contributed by atoms with E-state index >= 15 is 4.39 Å². The van der Waals surface area contributed by atoms with Crippen LogP contribution >= 0.6 is 0 Å². The molecule has 0 aromatic rings. The number of hydrogen-bond acceptors (Lipinski definition) is 3. The fraction of sp³-hybridized carbons (Fsp3) is 0.727. The van der Waals surface area contributed by atoms with Crippen molar-refractivity contribution in [2.24, 2.45) is 34.5 Å². The van der Waals surface area contributed by atoms with Crippen molar-refractivity contribution in [3.8, 4) is 0 Å². The summed E-state index contributed by atoms with van der Waals surface area (Å²) in [6.07, 6.45) is 6.02. The van der Waals surface area contributed by atoms with Gasteiger partial charge in [0.15, 0.2) is 11.5 Å². The molecule has 8 atom stereocenters. The van der Waals surface area contributed by atoms with Crippen LogP contribution in [0.25, 0.3) is 0 Å². The van der Waals surface area contributed by atoms with Gasteiger partial charge in [-0.2, -0.15) is 0 Å². The van der Waals surface area contributed by atoms with E-state index in [1.807, 2.05) is 6.92 Å². The van der Waals surface area contributed by atoms with E-state index in [1.165, 1.54) is 6.08 Å². The largest absolute Gasteiger partial charge is 0.390 e. The number of hydrogen-bond donors (Lipinski definition) is 1. The molecule has 4 heteroatoms. The van der Waals surface area contributed by atoms with E-state index in [1.54, 1.807) is 19.1 Å². The summed E-state index contributed by atoms with van der Waals surface area (Å²) in [5.41, 5.74) is -2.27. The summed E-state index contributed by atoms with van der Waals surface area (Å²) >= 11 is 0. The van der Waals surface area contributed by atoms with Crippen LogP contribution in [0.1, 0.15) is 53.4 Å². The minimum absolute atomic E-state index is 0.0872. The molecule has 3 nitrogen and oxygen atoms in total. The van der Waals surface area contributed by atoms with Crippen LogP contribution in [0.5, 0.6) is 0 Å². The third-order valence-corrected chi connectivity index (χ3v) is 8.42. The van der Waals surface area contributed by atoms with Crippen molar-refractivity contribution in [2.45, 2.75) is 65.2 Å². The standard InChI is InChI=1S/C22H29FO3/c1-12-9-17-16-6-5-14-10-15(25)7-8-21(14,4)22(16,23)18(26)11-20(17,3)19(12)13(2)24/h7-8,10,12,16-19,26H,5-6,9,11H2,1-4H3/t12-,16+,17+,18+,19-,20+,21+,22+/m1/s1. The first-order valence-electron chi connectivity index (χ1n) is 9.87. The van der Waals surface area contributed by atoms with Crippen molar-refractivity contribution in [2.75, 3.05) is 0 Å². The van der Waals surface area contributed by atoms with E-state index in [-0.39, 0.29) is 40.7 Å². The minimum atomic E-state index is -1.79. The molecular weight excluding hydrogens is 331 g/mol. The second-order valence-electron chi connectivity index (χ2n) is 9.65. The average molecular weight is 360 g/mol. The third-order valence-electron chi connectivity index (χ3n) is 8.42. The smallest absolute Gasteiger partial charge is 0.178 e. The van der Waals surface area contributed by atoms with E-state index in [4.69, 9.17) is 0 Å². The second-order valence-corrected chi connectivity index (χ2v) is 9.65. The van der Waals surface area contributed by atoms with Gasteiger partial charge in [-0.15, -0.1) is 0 Å². The third kappa shape index (κ3) is 1.97. The van der Waals surface area contributed by atoms with Crippen molar-refractivity contribution < 1.29 is 19.1 Å². The van der Waals surface area contributed by atoms with Crippen LogP contribution in [0.4, 0.5) is 4.39 Å². The van der Waals surface area contributed by atoms with Gasteiger partial charge in [-0.3, -0.25) is 9.59 Å². The van der Waals surface area contributed by atoms with Gasteiger partial charge in [0.2, 0.25) is 0 Å². The molecule has 3 saturated carbocycles. The summed E-state index contributed by atoms with van der Waals surface area (Å²) in [7, 11) is 0. The SMILES string of the molecule is CC(=O)[C@H]1[C@H](C)C[C@H]2[C@@H]3CCC4=CC(=O)C=C[C@]4(C)[C@@]3(F)[C@@H](O)C[C@@]21C. The predicted octanol–water partition coefficient (Wildman–Crippen LogP) is 3.81. The summed E-state index contributed by atoms with van der Waals surface area (Å²) in [5.74, 6) is -0.0370. The molecule has 0 radical (unpaired) electrons. The Bertz CT molecular complexity index is 740. The zero-order valence-electron chi connectivity index (χ0n) is 16.1. The number of allylic oxidation sites excluding steroid dienone is 4. The lowest BCUT2D eigenvalue weighted by Gasteiger charge is -2.61. The monoisotopic (exact) mass is 360 g/mol. The molecule has 0 aromatic carbocycles. The molecule has 26 heavy (non-hydrogen) atoms. The molecule has 4 aliphatic carbocycles. The first-order valence-corrected chi connectivity index (χ1v) is 9.87. The Balaban J connectivity index is 1.82. The maximum absolute atomic E-state index is 16.8. The first-order chi connectivity index (χ1) is 12.1. The Morgan fingerprint density at radius 1 is 1.31 bits per heavy atom. The molecule has 0 aromatic heterocycles. The number of ketones is 2. The molecule has 142 valence electrons. The zero-order chi connectivity index (χ0) is 19.1. The lowest BCUT2D eigenvalue weighted by atomic mass is 9.45. The highest BCUT2D eigenvalue weighted by Crippen LogP contribution is 2.69. The molecular formula is C22H29FO3. The summed E-state index contributed by atoms with van der Waals surface area (Å²) < 4.78 is 16.8. The fourth-order valence-corrected chi connectivity index (χ4v) is 7.44. The van der Waals surface area contributed by atoms with E-state index in [9.17, 15) is 14.7 Å². The number of carbonyl (C=O) groups excluding carboxylic acids is 2. The average Bonchev–Trinajstić information content (AvgIpc) is 2.80. The number of halogens is 1. The Hall–Kier alpha value is -1.29. The molecule has 0 spiro atoms. The number of Topliss-reactive ketones (excluding diaryl/α,β-unsaturated/α-hetero) is 1. The number of aliphatic hydroxyl groups is 1. The van der Waals surface area contributed by atoms with Gasteiger partial charge in [0, 0.05) is 17.3 Å². The summed E-state index contributed by atoms with van der Waals surface area (Å²) in [5, 5.41) is 11.1.